The van der Waals surface area contributed by atoms with Crippen molar-refractivity contribution in [3.8, 4) is 0 Å². The van der Waals surface area contributed by atoms with E-state index in [1.165, 1.54) is 0 Å². The van der Waals surface area contributed by atoms with Gasteiger partial charge in [0.25, 0.3) is 0 Å². The second-order valence-corrected chi connectivity index (χ2v) is 5.84. The molecule has 1 aliphatic rings. The molecule has 102 valence electrons. The van der Waals surface area contributed by atoms with Gasteiger partial charge in [0.2, 0.25) is 0 Å². The van der Waals surface area contributed by atoms with Crippen LogP contribution in [0.15, 0.2) is 0 Å². The number of rotatable bonds is 6. The lowest BCUT2D eigenvalue weighted by Crippen LogP contribution is -2.48. The fourth-order valence-electron chi connectivity index (χ4n) is 2.05. The summed E-state index contributed by atoms with van der Waals surface area (Å²) in [4.78, 5) is 4.72. The lowest BCUT2D eigenvalue weighted by Gasteiger charge is -2.34. The van der Waals surface area contributed by atoms with Crippen molar-refractivity contribution in [1.29, 1.82) is 0 Å². The number of aliphatic hydroxyl groups is 1. The summed E-state index contributed by atoms with van der Waals surface area (Å²) >= 11 is 0. The Kier molecular flexibility index (Phi) is 5.86. The van der Waals surface area contributed by atoms with Gasteiger partial charge >= 0.3 is 0 Å². The molecule has 0 spiro atoms. The van der Waals surface area contributed by atoms with E-state index in [0.717, 1.165) is 45.8 Å². The Morgan fingerprint density at radius 1 is 1.35 bits per heavy atom. The third kappa shape index (κ3) is 5.34. The normalized spacial score (nSPS) is 22.1. The summed E-state index contributed by atoms with van der Waals surface area (Å²) < 4.78 is 0. The lowest BCUT2D eigenvalue weighted by molar-refractivity contribution is -0.0145. The fourth-order valence-corrected chi connectivity index (χ4v) is 2.05. The van der Waals surface area contributed by atoms with Crippen molar-refractivity contribution < 1.29 is 5.11 Å². The van der Waals surface area contributed by atoms with E-state index in [9.17, 15) is 5.11 Å². The van der Waals surface area contributed by atoms with E-state index in [2.05, 4.69) is 36.0 Å². The van der Waals surface area contributed by atoms with Crippen LogP contribution in [0.2, 0.25) is 0 Å². The molecule has 0 aromatic carbocycles. The molecule has 1 aliphatic heterocycles. The summed E-state index contributed by atoms with van der Waals surface area (Å²) in [6, 6.07) is 0. The van der Waals surface area contributed by atoms with Crippen molar-refractivity contribution in [2.75, 3.05) is 52.9 Å². The molecule has 0 aromatic heterocycles. The van der Waals surface area contributed by atoms with Gasteiger partial charge in [-0.2, -0.15) is 0 Å². The number of hydrogen-bond acceptors (Lipinski definition) is 4. The minimum Gasteiger partial charge on any atom is -0.389 e. The highest BCUT2D eigenvalue weighted by atomic mass is 16.3. The Morgan fingerprint density at radius 3 is 2.47 bits per heavy atom. The first-order chi connectivity index (χ1) is 7.92. The van der Waals surface area contributed by atoms with Crippen LogP contribution >= 0.6 is 0 Å². The molecule has 4 nitrogen and oxygen atoms in total. The van der Waals surface area contributed by atoms with Crippen molar-refractivity contribution in [1.82, 2.24) is 15.1 Å². The van der Waals surface area contributed by atoms with Crippen LogP contribution in [0, 0.1) is 5.92 Å². The lowest BCUT2D eigenvalue weighted by atomic mass is 9.92. The van der Waals surface area contributed by atoms with Gasteiger partial charge in [-0.15, -0.1) is 0 Å². The number of nitrogens with one attached hydrogen (secondary N) is 1. The van der Waals surface area contributed by atoms with Crippen LogP contribution in [0.1, 0.15) is 20.8 Å². The molecule has 0 amide bonds. The standard InChI is InChI=1S/C13H29N3O/c1-12(2)13(3,17)11-15(4)9-10-16-7-5-14-6-8-16/h12,14,17H,5-11H2,1-4H3. The van der Waals surface area contributed by atoms with Gasteiger partial charge < -0.3 is 15.3 Å². The molecule has 2 N–H and O–H groups in total. The first kappa shape index (κ1) is 14.9. The van der Waals surface area contributed by atoms with Crippen LogP contribution in [-0.4, -0.2) is 73.4 Å². The molecule has 1 unspecified atom stereocenters. The van der Waals surface area contributed by atoms with Gasteiger partial charge in [0.05, 0.1) is 5.60 Å². The van der Waals surface area contributed by atoms with Gasteiger partial charge in [-0.25, -0.2) is 0 Å². The predicted octanol–water partition coefficient (Wildman–Crippen LogP) is 0.230. The Hall–Kier alpha value is -0.160. The van der Waals surface area contributed by atoms with Crippen molar-refractivity contribution in [2.24, 2.45) is 5.92 Å². The van der Waals surface area contributed by atoms with Gasteiger partial charge in [-0.1, -0.05) is 13.8 Å². The maximum Gasteiger partial charge on any atom is 0.0768 e. The molecule has 1 saturated heterocycles. The van der Waals surface area contributed by atoms with Crippen LogP contribution in [-0.2, 0) is 0 Å². The number of likely N-dealkylation sites (N-methyl/N-ethyl adjacent to an activating group) is 1. The van der Waals surface area contributed by atoms with Gasteiger partial charge in [0.15, 0.2) is 0 Å². The minimum atomic E-state index is -0.585. The Bertz CT molecular complexity index is 213. The van der Waals surface area contributed by atoms with Crippen LogP contribution < -0.4 is 5.32 Å². The molecule has 4 heteroatoms. The van der Waals surface area contributed by atoms with Gasteiger partial charge in [0.1, 0.15) is 0 Å². The van der Waals surface area contributed by atoms with Crippen molar-refractivity contribution in [3.63, 3.8) is 0 Å². The summed E-state index contributed by atoms with van der Waals surface area (Å²) in [5, 5.41) is 13.6. The maximum atomic E-state index is 10.2. The van der Waals surface area contributed by atoms with Crippen molar-refractivity contribution in [2.45, 2.75) is 26.4 Å². The number of hydrogen-bond donors (Lipinski definition) is 2. The minimum absolute atomic E-state index is 0.295. The predicted molar refractivity (Wildman–Crippen MR) is 72.3 cm³/mol. The average molecular weight is 243 g/mol. The average Bonchev–Trinajstić information content (AvgIpc) is 2.27. The number of piperazine rings is 1. The van der Waals surface area contributed by atoms with Crippen LogP contribution in [0.25, 0.3) is 0 Å². The largest absolute Gasteiger partial charge is 0.389 e. The smallest absolute Gasteiger partial charge is 0.0768 e. The summed E-state index contributed by atoms with van der Waals surface area (Å²) in [6.45, 7) is 13.5. The summed E-state index contributed by atoms with van der Waals surface area (Å²) in [7, 11) is 2.10. The summed E-state index contributed by atoms with van der Waals surface area (Å²) in [5.74, 6) is 0.295. The zero-order chi connectivity index (χ0) is 12.9. The Balaban J connectivity index is 2.22. The Morgan fingerprint density at radius 2 is 1.94 bits per heavy atom. The monoisotopic (exact) mass is 243 g/mol. The van der Waals surface area contributed by atoms with Crippen molar-refractivity contribution in [3.05, 3.63) is 0 Å². The van der Waals surface area contributed by atoms with E-state index in [-0.39, 0.29) is 0 Å². The topological polar surface area (TPSA) is 38.7 Å². The third-order valence-electron chi connectivity index (χ3n) is 3.84. The SMILES string of the molecule is CC(C)C(C)(O)CN(C)CCN1CCNCC1. The summed E-state index contributed by atoms with van der Waals surface area (Å²) in [6.07, 6.45) is 0. The molecule has 0 bridgehead atoms. The van der Waals surface area contributed by atoms with Gasteiger partial charge in [-0.05, 0) is 19.9 Å². The molecule has 1 heterocycles. The molecule has 0 aromatic rings. The van der Waals surface area contributed by atoms with Crippen LogP contribution in [0.3, 0.4) is 0 Å². The quantitative estimate of drug-likeness (QED) is 0.700. The van der Waals surface area contributed by atoms with Crippen molar-refractivity contribution >= 4 is 0 Å². The Labute approximate surface area is 106 Å². The molecule has 0 radical (unpaired) electrons. The molecule has 1 atom stereocenters. The molecular formula is C13H29N3O. The molecule has 17 heavy (non-hydrogen) atoms. The first-order valence-electron chi connectivity index (χ1n) is 6.76. The fraction of sp³-hybridized carbons (Fsp3) is 1.00. The number of nitrogens with zero attached hydrogens (tertiary/aromatic N) is 2. The summed E-state index contributed by atoms with van der Waals surface area (Å²) in [5.41, 5.74) is -0.585. The van der Waals surface area contributed by atoms with E-state index in [1.807, 2.05) is 6.92 Å². The molecule has 0 aliphatic carbocycles. The highest BCUT2D eigenvalue weighted by Crippen LogP contribution is 2.16. The second kappa shape index (κ2) is 6.69. The third-order valence-corrected chi connectivity index (χ3v) is 3.84. The van der Waals surface area contributed by atoms with Gasteiger partial charge in [0, 0.05) is 45.8 Å². The zero-order valence-electron chi connectivity index (χ0n) is 11.9. The van der Waals surface area contributed by atoms with E-state index in [4.69, 9.17) is 0 Å². The molecular weight excluding hydrogens is 214 g/mol. The first-order valence-corrected chi connectivity index (χ1v) is 6.76. The van der Waals surface area contributed by atoms with Crippen LogP contribution in [0.4, 0.5) is 0 Å². The van der Waals surface area contributed by atoms with Gasteiger partial charge in [-0.3, -0.25) is 4.90 Å². The van der Waals surface area contributed by atoms with Crippen LogP contribution in [0.5, 0.6) is 0 Å². The van der Waals surface area contributed by atoms with E-state index in [0.29, 0.717) is 5.92 Å². The second-order valence-electron chi connectivity index (χ2n) is 5.84. The van der Waals surface area contributed by atoms with E-state index >= 15 is 0 Å². The highest BCUT2D eigenvalue weighted by Gasteiger charge is 2.26. The maximum absolute atomic E-state index is 10.2. The van der Waals surface area contributed by atoms with E-state index in [1.54, 1.807) is 0 Å². The molecule has 0 saturated carbocycles. The molecule has 1 fully saturated rings. The zero-order valence-corrected chi connectivity index (χ0v) is 11.9. The van der Waals surface area contributed by atoms with E-state index < -0.39 is 5.60 Å². The molecule has 1 rings (SSSR count). The highest BCUT2D eigenvalue weighted by molar-refractivity contribution is 4.80.